The maximum absolute atomic E-state index is 10.1. The first-order valence-corrected chi connectivity index (χ1v) is 13.1. The third kappa shape index (κ3) is 7.18. The van der Waals surface area contributed by atoms with E-state index in [1.807, 2.05) is 36.4 Å². The second-order valence-corrected chi connectivity index (χ2v) is 13.6. The van der Waals surface area contributed by atoms with Gasteiger partial charge in [0, 0.05) is 0 Å². The lowest BCUT2D eigenvalue weighted by atomic mass is 10.2. The van der Waals surface area contributed by atoms with Gasteiger partial charge in [-0.2, -0.15) is 0 Å². The van der Waals surface area contributed by atoms with Crippen LogP contribution in [0.15, 0.2) is 60.7 Å². The molecule has 2 rings (SSSR count). The van der Waals surface area contributed by atoms with Crippen LogP contribution in [0.2, 0.25) is 5.04 Å². The minimum atomic E-state index is -2.86. The van der Waals surface area contributed by atoms with E-state index in [0.29, 0.717) is 0 Å². The number of benzene rings is 2. The first-order chi connectivity index (χ1) is 15.5. The third-order valence-electron chi connectivity index (χ3n) is 5.51. The van der Waals surface area contributed by atoms with Crippen molar-refractivity contribution in [2.24, 2.45) is 0 Å². The monoisotopic (exact) mass is 478 g/mol. The van der Waals surface area contributed by atoms with Crippen LogP contribution in [0, 0.1) is 0 Å². The Morgan fingerprint density at radius 2 is 1.18 bits per heavy atom. The van der Waals surface area contributed by atoms with E-state index in [4.69, 9.17) is 13.9 Å². The quantitative estimate of drug-likeness (QED) is 0.269. The van der Waals surface area contributed by atoms with Crippen molar-refractivity contribution in [3.05, 3.63) is 60.7 Å². The van der Waals surface area contributed by atoms with Gasteiger partial charge in [-0.1, -0.05) is 81.4 Å². The summed E-state index contributed by atoms with van der Waals surface area (Å²) in [5.41, 5.74) is 0. The van der Waals surface area contributed by atoms with E-state index in [-0.39, 0.29) is 18.3 Å². The second-order valence-electron chi connectivity index (χ2n) is 9.33. The Hall–Kier alpha value is -1.62. The van der Waals surface area contributed by atoms with Crippen LogP contribution in [-0.2, 0) is 13.9 Å². The fraction of sp³-hybridized carbons (Fsp3) is 0.520. The lowest BCUT2D eigenvalue weighted by molar-refractivity contribution is -0.224. The van der Waals surface area contributed by atoms with E-state index in [9.17, 15) is 20.4 Å². The van der Waals surface area contributed by atoms with E-state index < -0.39 is 39.2 Å². The minimum absolute atomic E-state index is 0.0452. The zero-order valence-electron chi connectivity index (χ0n) is 20.1. The van der Waals surface area contributed by atoms with Crippen molar-refractivity contribution in [2.45, 2.75) is 70.5 Å². The van der Waals surface area contributed by atoms with Crippen LogP contribution in [0.3, 0.4) is 0 Å². The van der Waals surface area contributed by atoms with Crippen LogP contribution in [0.5, 0.6) is 0 Å². The van der Waals surface area contributed by atoms with Crippen LogP contribution in [0.4, 0.5) is 0 Å². The fourth-order valence-corrected chi connectivity index (χ4v) is 8.35. The summed E-state index contributed by atoms with van der Waals surface area (Å²) in [6.45, 7) is 9.16. The van der Waals surface area contributed by atoms with Crippen molar-refractivity contribution in [1.29, 1.82) is 0 Å². The molecule has 2 aromatic carbocycles. The number of hydrogen-bond acceptors (Lipinski definition) is 7. The molecule has 0 radical (unpaired) electrons. The smallest absolute Gasteiger partial charge is 0.261 e. The molecule has 5 atom stereocenters. The summed E-state index contributed by atoms with van der Waals surface area (Å²) in [5.74, 6) is 0. The summed E-state index contributed by atoms with van der Waals surface area (Å²) >= 11 is 0. The van der Waals surface area contributed by atoms with E-state index in [1.54, 1.807) is 0 Å². The van der Waals surface area contributed by atoms with Crippen LogP contribution in [0.1, 0.15) is 34.6 Å². The number of hydrogen-bond donors (Lipinski definition) is 4. The molecule has 4 N–H and O–H groups in total. The zero-order valence-corrected chi connectivity index (χ0v) is 21.1. The van der Waals surface area contributed by atoms with E-state index >= 15 is 0 Å². The van der Waals surface area contributed by atoms with Gasteiger partial charge in [0.15, 0.2) is 12.6 Å². The van der Waals surface area contributed by atoms with Gasteiger partial charge in [-0.25, -0.2) is 0 Å². The number of ether oxygens (including phenoxy) is 2. The number of rotatable bonds is 12. The highest BCUT2D eigenvalue weighted by molar-refractivity contribution is 6.99. The average Bonchev–Trinajstić information content (AvgIpc) is 2.77. The zero-order chi connectivity index (χ0) is 24.6. The molecular formula is C25H38O7Si. The molecule has 7 nitrogen and oxygen atoms in total. The van der Waals surface area contributed by atoms with Crippen LogP contribution < -0.4 is 10.4 Å². The van der Waals surface area contributed by atoms with E-state index in [2.05, 4.69) is 45.0 Å². The summed E-state index contributed by atoms with van der Waals surface area (Å²) in [4.78, 5) is 0. The Balaban J connectivity index is 2.41. The van der Waals surface area contributed by atoms with Crippen molar-refractivity contribution in [2.75, 3.05) is 13.2 Å². The molecule has 0 saturated carbocycles. The van der Waals surface area contributed by atoms with Gasteiger partial charge in [-0.15, -0.1) is 0 Å². The van der Waals surface area contributed by atoms with Gasteiger partial charge in [0.2, 0.25) is 0 Å². The van der Waals surface area contributed by atoms with Crippen molar-refractivity contribution in [3.63, 3.8) is 0 Å². The van der Waals surface area contributed by atoms with Gasteiger partial charge < -0.3 is 34.3 Å². The number of aliphatic hydroxyl groups is 4. The molecule has 0 saturated heterocycles. The third-order valence-corrected chi connectivity index (χ3v) is 10.5. The van der Waals surface area contributed by atoms with Crippen molar-refractivity contribution < 1.29 is 34.3 Å². The summed E-state index contributed by atoms with van der Waals surface area (Å²) in [5, 5.41) is 41.1. The average molecular weight is 479 g/mol. The minimum Gasteiger partial charge on any atom is -0.405 e. The van der Waals surface area contributed by atoms with Gasteiger partial charge >= 0.3 is 0 Å². The normalized spacial score (nSPS) is 17.2. The first-order valence-electron chi connectivity index (χ1n) is 11.2. The van der Waals surface area contributed by atoms with Gasteiger partial charge in [-0.05, 0) is 29.3 Å². The number of aliphatic hydroxyl groups excluding tert-OH is 4. The molecule has 184 valence electrons. The van der Waals surface area contributed by atoms with Crippen LogP contribution in [-0.4, -0.2) is 72.8 Å². The Morgan fingerprint density at radius 1 is 0.727 bits per heavy atom. The van der Waals surface area contributed by atoms with Crippen molar-refractivity contribution in [3.8, 4) is 0 Å². The molecule has 0 bridgehead atoms. The molecule has 5 unspecified atom stereocenters. The molecule has 8 heteroatoms. The Bertz CT molecular complexity index is 769. The van der Waals surface area contributed by atoms with Gasteiger partial charge in [0.1, 0.15) is 18.3 Å². The molecule has 0 spiro atoms. The van der Waals surface area contributed by atoms with Crippen LogP contribution >= 0.6 is 0 Å². The lowest BCUT2D eigenvalue weighted by Crippen LogP contribution is -2.67. The molecule has 0 aliphatic heterocycles. The SMILES string of the molecule is CC(O)C(O)OCC(CO[Si](c1ccccc1)(c1ccccc1)C(C)(C)C)OC(O)C(C)O. The van der Waals surface area contributed by atoms with Crippen LogP contribution in [0.25, 0.3) is 0 Å². The lowest BCUT2D eigenvalue weighted by Gasteiger charge is -2.43. The predicted octanol–water partition coefficient (Wildman–Crippen LogP) is 1.36. The Morgan fingerprint density at radius 3 is 1.58 bits per heavy atom. The molecule has 2 aromatic rings. The Labute approximate surface area is 197 Å². The largest absolute Gasteiger partial charge is 0.405 e. The standard InChI is InChI=1S/C25H38O7Si/c1-18(26)23(28)30-16-20(32-24(29)19(2)27)17-31-33(25(3,4)5,21-12-8-6-9-13-21)22-14-10-7-11-15-22/h6-15,18-20,23-24,26-29H,16-17H2,1-5H3. The first kappa shape index (κ1) is 27.6. The van der Waals surface area contributed by atoms with Gasteiger partial charge in [-0.3, -0.25) is 0 Å². The van der Waals surface area contributed by atoms with Gasteiger partial charge in [0.25, 0.3) is 8.32 Å². The summed E-state index contributed by atoms with van der Waals surface area (Å²) in [6.07, 6.45) is -5.88. The highest BCUT2D eigenvalue weighted by Crippen LogP contribution is 2.37. The van der Waals surface area contributed by atoms with Gasteiger partial charge in [0.05, 0.1) is 13.2 Å². The molecule has 0 aromatic heterocycles. The van der Waals surface area contributed by atoms with Crippen molar-refractivity contribution >= 4 is 18.7 Å². The fourth-order valence-electron chi connectivity index (χ4n) is 3.76. The molecule has 0 fully saturated rings. The summed E-state index contributed by atoms with van der Waals surface area (Å²) in [7, 11) is -2.86. The second kappa shape index (κ2) is 12.2. The Kier molecular flexibility index (Phi) is 10.2. The van der Waals surface area contributed by atoms with E-state index in [0.717, 1.165) is 10.4 Å². The van der Waals surface area contributed by atoms with E-state index in [1.165, 1.54) is 13.8 Å². The highest BCUT2D eigenvalue weighted by Gasteiger charge is 2.50. The molecule has 0 aliphatic carbocycles. The topological polar surface area (TPSA) is 109 Å². The maximum Gasteiger partial charge on any atom is 0.261 e. The van der Waals surface area contributed by atoms with Crippen molar-refractivity contribution in [1.82, 2.24) is 0 Å². The molecular weight excluding hydrogens is 440 g/mol. The molecule has 0 heterocycles. The molecule has 0 amide bonds. The molecule has 33 heavy (non-hydrogen) atoms. The highest BCUT2D eigenvalue weighted by atomic mass is 28.4. The summed E-state index contributed by atoms with van der Waals surface area (Å²) < 4.78 is 17.7. The summed E-state index contributed by atoms with van der Waals surface area (Å²) in [6, 6.07) is 20.2. The maximum atomic E-state index is 10.1. The predicted molar refractivity (Wildman–Crippen MR) is 130 cm³/mol. The molecule has 0 aliphatic rings.